The molecule has 0 spiro atoms. The van der Waals surface area contributed by atoms with Crippen LogP contribution in [0.25, 0.3) is 0 Å². The molecule has 1 aliphatic heterocycles. The fourth-order valence-corrected chi connectivity index (χ4v) is 2.95. The minimum Gasteiger partial charge on any atom is -0.497 e. The Labute approximate surface area is 193 Å². The summed E-state index contributed by atoms with van der Waals surface area (Å²) in [6.45, 7) is 13.8. The number of benzene rings is 1. The standard InChI is InChI=1S/C13H25NO3.C10H14O.C2H4O2/c1-13(2,3)17-12(15)7-9-16-10-11-6-4-5-8-14-11;1-7-5-10(11-4)6-8(2)9(7)3;3-1-2-4/h11,14H,4-10H2,1-3H3;5-6H,1-4H3;1,4H,2H2. The zero-order valence-corrected chi connectivity index (χ0v) is 21.0. The van der Waals surface area contributed by atoms with E-state index in [2.05, 4.69) is 38.2 Å². The summed E-state index contributed by atoms with van der Waals surface area (Å²) in [6.07, 6.45) is 4.47. The summed E-state index contributed by atoms with van der Waals surface area (Å²) in [5, 5.41) is 10.9. The third kappa shape index (κ3) is 14.9. The van der Waals surface area contributed by atoms with Gasteiger partial charge in [0.15, 0.2) is 0 Å². The molecular formula is C25H43NO6. The number of carbonyl (C=O) groups is 2. The molecule has 1 heterocycles. The van der Waals surface area contributed by atoms with Crippen molar-refractivity contribution in [2.45, 2.75) is 78.9 Å². The van der Waals surface area contributed by atoms with E-state index < -0.39 is 5.60 Å². The van der Waals surface area contributed by atoms with Gasteiger partial charge in [0, 0.05) is 6.04 Å². The number of aryl methyl sites for hydroxylation is 2. The second-order valence-corrected chi connectivity index (χ2v) is 8.79. The highest BCUT2D eigenvalue weighted by atomic mass is 16.6. The number of aldehydes is 1. The number of piperidine rings is 1. The zero-order chi connectivity index (χ0) is 24.6. The first-order valence-corrected chi connectivity index (χ1v) is 11.2. The van der Waals surface area contributed by atoms with Crippen LogP contribution in [0.5, 0.6) is 5.75 Å². The molecule has 1 saturated heterocycles. The van der Waals surface area contributed by atoms with Crippen molar-refractivity contribution >= 4 is 12.3 Å². The number of aliphatic hydroxyl groups is 1. The molecular weight excluding hydrogens is 410 g/mol. The topological polar surface area (TPSA) is 94.1 Å². The van der Waals surface area contributed by atoms with Crippen LogP contribution in [0.2, 0.25) is 0 Å². The maximum atomic E-state index is 11.4. The van der Waals surface area contributed by atoms with Gasteiger partial charge >= 0.3 is 5.97 Å². The van der Waals surface area contributed by atoms with Gasteiger partial charge in [-0.05, 0) is 89.8 Å². The van der Waals surface area contributed by atoms with Gasteiger partial charge < -0.3 is 29.4 Å². The van der Waals surface area contributed by atoms with Gasteiger partial charge in [-0.15, -0.1) is 0 Å². The molecule has 32 heavy (non-hydrogen) atoms. The second kappa shape index (κ2) is 16.6. The average Bonchev–Trinajstić information content (AvgIpc) is 2.75. The maximum absolute atomic E-state index is 11.4. The van der Waals surface area contributed by atoms with E-state index in [4.69, 9.17) is 24.1 Å². The van der Waals surface area contributed by atoms with Gasteiger partial charge in [-0.1, -0.05) is 6.42 Å². The Morgan fingerprint density at radius 2 is 1.78 bits per heavy atom. The number of esters is 1. The number of aliphatic hydroxyl groups excluding tert-OH is 1. The van der Waals surface area contributed by atoms with Crippen LogP contribution in [0.4, 0.5) is 0 Å². The van der Waals surface area contributed by atoms with Crippen molar-refractivity contribution in [2.24, 2.45) is 0 Å². The van der Waals surface area contributed by atoms with Crippen molar-refractivity contribution in [3.05, 3.63) is 28.8 Å². The van der Waals surface area contributed by atoms with E-state index in [1.165, 1.54) is 36.0 Å². The van der Waals surface area contributed by atoms with E-state index >= 15 is 0 Å². The molecule has 184 valence electrons. The lowest BCUT2D eigenvalue weighted by molar-refractivity contribution is -0.156. The quantitative estimate of drug-likeness (QED) is 0.369. The molecule has 1 aliphatic rings. The lowest BCUT2D eigenvalue weighted by atomic mass is 10.0. The lowest BCUT2D eigenvalue weighted by Gasteiger charge is -2.23. The summed E-state index contributed by atoms with van der Waals surface area (Å²) in [5.74, 6) is 0.764. The van der Waals surface area contributed by atoms with Crippen molar-refractivity contribution in [1.82, 2.24) is 5.32 Å². The number of hydrogen-bond donors (Lipinski definition) is 2. The van der Waals surface area contributed by atoms with Crippen LogP contribution >= 0.6 is 0 Å². The highest BCUT2D eigenvalue weighted by Crippen LogP contribution is 2.20. The molecule has 0 aliphatic carbocycles. The number of methoxy groups -OCH3 is 1. The van der Waals surface area contributed by atoms with Crippen molar-refractivity contribution in [3.8, 4) is 5.75 Å². The fraction of sp³-hybridized carbons (Fsp3) is 0.680. The number of ether oxygens (including phenoxy) is 3. The molecule has 0 aromatic heterocycles. The molecule has 2 rings (SSSR count). The van der Waals surface area contributed by atoms with Crippen LogP contribution in [0.3, 0.4) is 0 Å². The van der Waals surface area contributed by atoms with E-state index in [1.807, 2.05) is 20.8 Å². The van der Waals surface area contributed by atoms with Crippen LogP contribution in [0.15, 0.2) is 12.1 Å². The molecule has 0 saturated carbocycles. The summed E-state index contributed by atoms with van der Waals surface area (Å²) in [6, 6.07) is 4.58. The largest absolute Gasteiger partial charge is 0.497 e. The SMILES string of the molecule is CC(C)(C)OC(=O)CCOCC1CCCCN1.COc1cc(C)c(C)c(C)c1.O=CCO. The van der Waals surface area contributed by atoms with Gasteiger partial charge in [-0.3, -0.25) is 4.79 Å². The first-order valence-electron chi connectivity index (χ1n) is 11.2. The molecule has 1 fully saturated rings. The Bertz CT molecular complexity index is 640. The molecule has 1 aromatic carbocycles. The Hall–Kier alpha value is -1.96. The summed E-state index contributed by atoms with van der Waals surface area (Å²) < 4.78 is 15.8. The smallest absolute Gasteiger partial charge is 0.308 e. The van der Waals surface area contributed by atoms with Crippen LogP contribution < -0.4 is 10.1 Å². The van der Waals surface area contributed by atoms with Gasteiger partial charge in [-0.25, -0.2) is 0 Å². The Balaban J connectivity index is 0.000000547. The molecule has 0 bridgehead atoms. The van der Waals surface area contributed by atoms with Crippen molar-refractivity contribution in [3.63, 3.8) is 0 Å². The first-order chi connectivity index (χ1) is 15.0. The van der Waals surface area contributed by atoms with Crippen molar-refractivity contribution < 1.29 is 28.9 Å². The minimum absolute atomic E-state index is 0.186. The summed E-state index contributed by atoms with van der Waals surface area (Å²) in [7, 11) is 1.70. The first kappa shape index (κ1) is 30.0. The van der Waals surface area contributed by atoms with Gasteiger partial charge in [0.25, 0.3) is 0 Å². The van der Waals surface area contributed by atoms with Gasteiger partial charge in [0.1, 0.15) is 17.6 Å². The number of carbonyl (C=O) groups excluding carboxylic acids is 2. The fourth-order valence-electron chi connectivity index (χ4n) is 2.95. The average molecular weight is 454 g/mol. The molecule has 7 nitrogen and oxygen atoms in total. The molecule has 0 amide bonds. The molecule has 1 aromatic rings. The summed E-state index contributed by atoms with van der Waals surface area (Å²) >= 11 is 0. The van der Waals surface area contributed by atoms with E-state index in [-0.39, 0.29) is 12.6 Å². The predicted octanol–water partition coefficient (Wildman–Crippen LogP) is 3.67. The third-order valence-electron chi connectivity index (χ3n) is 4.81. The van der Waals surface area contributed by atoms with E-state index in [0.717, 1.165) is 12.3 Å². The normalized spacial score (nSPS) is 15.4. The van der Waals surface area contributed by atoms with Crippen LogP contribution in [-0.4, -0.2) is 62.5 Å². The summed E-state index contributed by atoms with van der Waals surface area (Å²) in [5.41, 5.74) is 3.54. The summed E-state index contributed by atoms with van der Waals surface area (Å²) in [4.78, 5) is 20.3. The number of hydrogen-bond acceptors (Lipinski definition) is 7. The Morgan fingerprint density at radius 3 is 2.22 bits per heavy atom. The third-order valence-corrected chi connectivity index (χ3v) is 4.81. The Kier molecular flexibility index (Phi) is 15.6. The zero-order valence-electron chi connectivity index (χ0n) is 21.0. The van der Waals surface area contributed by atoms with E-state index in [9.17, 15) is 4.79 Å². The molecule has 1 atom stereocenters. The van der Waals surface area contributed by atoms with Crippen LogP contribution in [0.1, 0.15) is 63.1 Å². The lowest BCUT2D eigenvalue weighted by Crippen LogP contribution is -2.37. The van der Waals surface area contributed by atoms with Crippen molar-refractivity contribution in [2.75, 3.05) is 33.5 Å². The Morgan fingerprint density at radius 1 is 1.19 bits per heavy atom. The van der Waals surface area contributed by atoms with E-state index in [0.29, 0.717) is 32.0 Å². The van der Waals surface area contributed by atoms with Crippen LogP contribution in [0, 0.1) is 20.8 Å². The monoisotopic (exact) mass is 453 g/mol. The highest BCUT2D eigenvalue weighted by molar-refractivity contribution is 5.69. The van der Waals surface area contributed by atoms with E-state index in [1.54, 1.807) is 7.11 Å². The highest BCUT2D eigenvalue weighted by Gasteiger charge is 2.16. The number of nitrogens with one attached hydrogen (secondary N) is 1. The maximum Gasteiger partial charge on any atom is 0.308 e. The van der Waals surface area contributed by atoms with Gasteiger partial charge in [-0.2, -0.15) is 0 Å². The van der Waals surface area contributed by atoms with Gasteiger partial charge in [0.2, 0.25) is 0 Å². The number of rotatable bonds is 7. The molecule has 7 heteroatoms. The van der Waals surface area contributed by atoms with Crippen LogP contribution in [-0.2, 0) is 19.1 Å². The molecule has 0 radical (unpaired) electrons. The molecule has 2 N–H and O–H groups in total. The van der Waals surface area contributed by atoms with Crippen molar-refractivity contribution in [1.29, 1.82) is 0 Å². The molecule has 1 unspecified atom stereocenters. The second-order valence-electron chi connectivity index (χ2n) is 8.79. The minimum atomic E-state index is -0.401. The van der Waals surface area contributed by atoms with Gasteiger partial charge in [0.05, 0.1) is 33.4 Å². The predicted molar refractivity (Wildman–Crippen MR) is 127 cm³/mol.